The number of rotatable bonds is 8. The Morgan fingerprint density at radius 1 is 1.23 bits per heavy atom. The Morgan fingerprint density at radius 3 is 2.64 bits per heavy atom. The van der Waals surface area contributed by atoms with Gasteiger partial charge in [-0.1, -0.05) is 18.2 Å². The molecule has 0 spiro atoms. The summed E-state index contributed by atoms with van der Waals surface area (Å²) in [5.41, 5.74) is 5.38. The molecule has 0 aliphatic rings. The monoisotopic (exact) mass is 327 g/mol. The van der Waals surface area contributed by atoms with Crippen LogP contribution < -0.4 is 15.4 Å². The topological polar surface area (TPSA) is 122 Å². The van der Waals surface area contributed by atoms with Crippen molar-refractivity contribution in [1.29, 1.82) is 0 Å². The van der Waals surface area contributed by atoms with Gasteiger partial charge in [0.05, 0.1) is 16.7 Å². The molecule has 0 saturated heterocycles. The number of aromatic nitrogens is 2. The number of benzene rings is 1. The van der Waals surface area contributed by atoms with Gasteiger partial charge in [-0.3, -0.25) is 4.63 Å². The fourth-order valence-electron chi connectivity index (χ4n) is 1.83. The van der Waals surface area contributed by atoms with Crippen LogP contribution in [0.3, 0.4) is 0 Å². The van der Waals surface area contributed by atoms with Crippen LogP contribution in [0.15, 0.2) is 44.9 Å². The summed E-state index contributed by atoms with van der Waals surface area (Å²) in [5, 5.41) is 14.3. The highest BCUT2D eigenvalue weighted by molar-refractivity contribution is 7.91. The van der Waals surface area contributed by atoms with Gasteiger partial charge >= 0.3 is 10.9 Å². The number of hydrogen-bond acceptors (Lipinski definition) is 7. The Hall–Kier alpha value is -2.13. The number of unbranched alkanes of at least 4 members (excludes halogenated alkanes) is 2. The molecule has 0 radical (unpaired) electrons. The average Bonchev–Trinajstić information content (AvgIpc) is 2.89. The molecule has 0 unspecified atom stereocenters. The Bertz CT molecular complexity index is 700. The lowest BCUT2D eigenvalue weighted by Crippen LogP contribution is -2.30. The Balaban J connectivity index is 2.19. The maximum Gasteiger partial charge on any atom is 0.414 e. The van der Waals surface area contributed by atoms with Crippen molar-refractivity contribution in [3.8, 4) is 5.88 Å². The van der Waals surface area contributed by atoms with Gasteiger partial charge < -0.3 is 15.7 Å². The molecule has 22 heavy (non-hydrogen) atoms. The van der Waals surface area contributed by atoms with Crippen LogP contribution in [0.4, 0.5) is 0 Å². The molecule has 1 aromatic heterocycles. The second kappa shape index (κ2) is 7.23. The van der Waals surface area contributed by atoms with E-state index in [1.54, 1.807) is 18.2 Å². The van der Waals surface area contributed by atoms with E-state index in [1.165, 1.54) is 12.1 Å². The molecular formula is C13H17N3O5S. The van der Waals surface area contributed by atoms with Crippen molar-refractivity contribution in [2.75, 3.05) is 13.2 Å². The van der Waals surface area contributed by atoms with Gasteiger partial charge in [-0.2, -0.15) is 0 Å². The molecule has 0 amide bonds. The normalized spacial score (nSPS) is 11.5. The van der Waals surface area contributed by atoms with Crippen LogP contribution in [0.25, 0.3) is 0 Å². The van der Waals surface area contributed by atoms with Crippen molar-refractivity contribution in [2.45, 2.75) is 29.2 Å². The standard InChI is InChI=1S/C13H17N3O5S/c14-9-5-2-6-10-20-12-13(16(17)21-15-12)22(18,19)11-7-3-1-4-8-11/h1,3-4,7-8H,2,5-6,9-10,14H2. The van der Waals surface area contributed by atoms with Gasteiger partial charge in [0, 0.05) is 0 Å². The van der Waals surface area contributed by atoms with Crippen molar-refractivity contribution >= 4 is 9.84 Å². The summed E-state index contributed by atoms with van der Waals surface area (Å²) in [4.78, 5) is -0.187. The Labute approximate surface area is 127 Å². The minimum Gasteiger partial charge on any atom is -0.454 e. The van der Waals surface area contributed by atoms with Gasteiger partial charge in [0.15, 0.2) is 0 Å². The van der Waals surface area contributed by atoms with Crippen molar-refractivity contribution in [2.24, 2.45) is 5.73 Å². The summed E-state index contributed by atoms with van der Waals surface area (Å²) < 4.78 is 34.5. The third-order valence-corrected chi connectivity index (χ3v) is 4.67. The summed E-state index contributed by atoms with van der Waals surface area (Å²) in [6, 6.07) is 7.55. The van der Waals surface area contributed by atoms with Crippen molar-refractivity contribution in [3.05, 3.63) is 35.5 Å². The van der Waals surface area contributed by atoms with Gasteiger partial charge in [-0.05, 0) is 42.8 Å². The Kier molecular flexibility index (Phi) is 5.34. The highest BCUT2D eigenvalue weighted by Crippen LogP contribution is 2.24. The van der Waals surface area contributed by atoms with Crippen LogP contribution in [0.1, 0.15) is 19.3 Å². The van der Waals surface area contributed by atoms with Crippen LogP contribution in [0.2, 0.25) is 0 Å². The fourth-order valence-corrected chi connectivity index (χ4v) is 3.13. The summed E-state index contributed by atoms with van der Waals surface area (Å²) in [6.07, 6.45) is 2.36. The van der Waals surface area contributed by atoms with E-state index in [-0.39, 0.29) is 22.3 Å². The summed E-state index contributed by atoms with van der Waals surface area (Å²) >= 11 is 0. The predicted octanol–water partition coefficient (Wildman–Crippen LogP) is 0.649. The fraction of sp³-hybridized carbons (Fsp3) is 0.385. The van der Waals surface area contributed by atoms with Crippen LogP contribution in [0, 0.1) is 5.21 Å². The molecule has 0 bridgehead atoms. The zero-order chi connectivity index (χ0) is 16.0. The van der Waals surface area contributed by atoms with E-state index in [0.717, 1.165) is 12.8 Å². The van der Waals surface area contributed by atoms with Crippen molar-refractivity contribution in [3.63, 3.8) is 0 Å². The number of ether oxygens (including phenoxy) is 1. The van der Waals surface area contributed by atoms with Gasteiger partial charge in [-0.15, -0.1) is 0 Å². The first-order chi connectivity index (χ1) is 10.6. The molecule has 8 nitrogen and oxygen atoms in total. The predicted molar refractivity (Wildman–Crippen MR) is 75.8 cm³/mol. The molecule has 0 aliphatic carbocycles. The lowest BCUT2D eigenvalue weighted by Gasteiger charge is -2.03. The first-order valence-electron chi connectivity index (χ1n) is 6.80. The first-order valence-corrected chi connectivity index (χ1v) is 8.28. The highest BCUT2D eigenvalue weighted by Gasteiger charge is 2.35. The van der Waals surface area contributed by atoms with Crippen LogP contribution in [0.5, 0.6) is 5.88 Å². The largest absolute Gasteiger partial charge is 0.454 e. The molecule has 120 valence electrons. The van der Waals surface area contributed by atoms with Gasteiger partial charge in [-0.25, -0.2) is 8.42 Å². The number of nitrogens with two attached hydrogens (primary N) is 1. The van der Waals surface area contributed by atoms with Crippen LogP contribution >= 0.6 is 0 Å². The maximum atomic E-state index is 12.5. The molecule has 0 atom stereocenters. The smallest absolute Gasteiger partial charge is 0.414 e. The van der Waals surface area contributed by atoms with Crippen LogP contribution in [-0.2, 0) is 9.84 Å². The van der Waals surface area contributed by atoms with Gasteiger partial charge in [0.25, 0.3) is 9.84 Å². The summed E-state index contributed by atoms with van der Waals surface area (Å²) in [5.74, 6) is -0.327. The van der Waals surface area contributed by atoms with Crippen LogP contribution in [-0.4, -0.2) is 26.7 Å². The second-order valence-corrected chi connectivity index (χ2v) is 6.42. The van der Waals surface area contributed by atoms with Gasteiger partial charge in [0.2, 0.25) is 0 Å². The second-order valence-electron chi connectivity index (χ2n) is 4.55. The van der Waals surface area contributed by atoms with Gasteiger partial charge in [0.1, 0.15) is 0 Å². The quantitative estimate of drug-likeness (QED) is 0.557. The molecule has 0 aliphatic heterocycles. The molecule has 0 saturated carbocycles. The molecular weight excluding hydrogens is 310 g/mol. The minimum atomic E-state index is -4.06. The molecule has 2 N–H and O–H groups in total. The lowest BCUT2D eigenvalue weighted by molar-refractivity contribution is -0.832. The summed E-state index contributed by atoms with van der Waals surface area (Å²) in [6.45, 7) is 0.808. The average molecular weight is 327 g/mol. The van der Waals surface area contributed by atoms with E-state index in [2.05, 4.69) is 9.79 Å². The van der Waals surface area contributed by atoms with E-state index in [1.807, 2.05) is 0 Å². The SMILES string of the molecule is NCCCCCOc1no[n+]([O-])c1S(=O)(=O)c1ccccc1. The summed E-state index contributed by atoms with van der Waals surface area (Å²) in [7, 11) is -4.06. The Morgan fingerprint density at radius 2 is 1.95 bits per heavy atom. The third-order valence-electron chi connectivity index (χ3n) is 2.94. The van der Waals surface area contributed by atoms with Crippen molar-refractivity contribution in [1.82, 2.24) is 5.16 Å². The molecule has 2 rings (SSSR count). The van der Waals surface area contributed by atoms with E-state index >= 15 is 0 Å². The molecule has 1 aromatic carbocycles. The lowest BCUT2D eigenvalue weighted by atomic mass is 10.2. The maximum absolute atomic E-state index is 12.5. The van der Waals surface area contributed by atoms with Crippen molar-refractivity contribution < 1.29 is 22.7 Å². The number of hydrogen-bond donors (Lipinski definition) is 1. The minimum absolute atomic E-state index is 0.0317. The number of sulfone groups is 1. The van der Waals surface area contributed by atoms with E-state index in [0.29, 0.717) is 13.0 Å². The zero-order valence-corrected chi connectivity index (χ0v) is 12.7. The zero-order valence-electron chi connectivity index (χ0n) is 11.8. The molecule has 2 aromatic rings. The molecule has 9 heteroatoms. The first kappa shape index (κ1) is 16.2. The van der Waals surface area contributed by atoms with E-state index in [9.17, 15) is 13.6 Å². The van der Waals surface area contributed by atoms with E-state index < -0.39 is 14.9 Å². The third kappa shape index (κ3) is 3.55. The number of nitrogens with zero attached hydrogens (tertiary/aromatic N) is 2. The van der Waals surface area contributed by atoms with E-state index in [4.69, 9.17) is 10.5 Å². The molecule has 1 heterocycles. The molecule has 0 fully saturated rings. The highest BCUT2D eigenvalue weighted by atomic mass is 32.2.